The standard InChI is InChI=1S/C9H17NO2.3C2H6/c1-3-10-6-9(7-10)4-8(11-2)5-12-9;3*1-2/h8H,3-7H2,1-2H3;3*1-2H3. The molecule has 0 radical (unpaired) electrons. The Balaban J connectivity index is 0. The number of likely N-dealkylation sites (N-methyl/N-ethyl adjacent to an activating group) is 1. The van der Waals surface area contributed by atoms with Crippen molar-refractivity contribution in [2.24, 2.45) is 0 Å². The van der Waals surface area contributed by atoms with Crippen LogP contribution in [0.5, 0.6) is 0 Å². The van der Waals surface area contributed by atoms with Gasteiger partial charge in [0.05, 0.1) is 18.3 Å². The molecule has 2 aliphatic rings. The minimum atomic E-state index is 0.163. The Bertz CT molecular complexity index is 168. The van der Waals surface area contributed by atoms with Crippen LogP contribution in [-0.2, 0) is 9.47 Å². The summed E-state index contributed by atoms with van der Waals surface area (Å²) in [5, 5.41) is 0. The molecule has 2 saturated heterocycles. The van der Waals surface area contributed by atoms with Crippen molar-refractivity contribution < 1.29 is 9.47 Å². The molecule has 2 aliphatic heterocycles. The van der Waals surface area contributed by atoms with Crippen LogP contribution in [0.3, 0.4) is 0 Å². The minimum Gasteiger partial charge on any atom is -0.379 e. The van der Waals surface area contributed by atoms with Gasteiger partial charge >= 0.3 is 0 Å². The number of likely N-dealkylation sites (tertiary alicyclic amines) is 1. The second-order valence-corrected chi connectivity index (χ2v) is 3.86. The molecular formula is C15H35NO2. The van der Waals surface area contributed by atoms with E-state index in [1.165, 1.54) is 0 Å². The monoisotopic (exact) mass is 261 g/mol. The Morgan fingerprint density at radius 1 is 1.11 bits per heavy atom. The van der Waals surface area contributed by atoms with Crippen LogP contribution in [0.2, 0.25) is 0 Å². The Morgan fingerprint density at radius 3 is 1.94 bits per heavy atom. The Labute approximate surface area is 115 Å². The lowest BCUT2D eigenvalue weighted by atomic mass is 9.90. The van der Waals surface area contributed by atoms with E-state index in [1.54, 1.807) is 7.11 Å². The van der Waals surface area contributed by atoms with Gasteiger partial charge in [-0.25, -0.2) is 0 Å². The molecule has 3 nitrogen and oxygen atoms in total. The van der Waals surface area contributed by atoms with Gasteiger partial charge in [0, 0.05) is 26.6 Å². The number of rotatable bonds is 2. The molecule has 1 unspecified atom stereocenters. The molecule has 18 heavy (non-hydrogen) atoms. The zero-order chi connectivity index (χ0) is 14.6. The number of ether oxygens (including phenoxy) is 2. The van der Waals surface area contributed by atoms with Gasteiger partial charge in [-0.3, -0.25) is 4.90 Å². The summed E-state index contributed by atoms with van der Waals surface area (Å²) >= 11 is 0. The van der Waals surface area contributed by atoms with Crippen molar-refractivity contribution in [3.05, 3.63) is 0 Å². The highest BCUT2D eigenvalue weighted by Gasteiger charge is 2.49. The Morgan fingerprint density at radius 2 is 1.61 bits per heavy atom. The highest BCUT2D eigenvalue weighted by atomic mass is 16.6. The van der Waals surface area contributed by atoms with Crippen LogP contribution in [0.15, 0.2) is 0 Å². The van der Waals surface area contributed by atoms with Crippen LogP contribution < -0.4 is 0 Å². The fourth-order valence-electron chi connectivity index (χ4n) is 2.17. The van der Waals surface area contributed by atoms with E-state index in [1.807, 2.05) is 41.5 Å². The predicted octanol–water partition coefficient (Wildman–Crippen LogP) is 3.57. The van der Waals surface area contributed by atoms with Gasteiger partial charge in [-0.1, -0.05) is 48.5 Å². The molecule has 0 aromatic heterocycles. The molecule has 2 rings (SSSR count). The van der Waals surface area contributed by atoms with Crippen molar-refractivity contribution in [2.45, 2.75) is 66.6 Å². The molecule has 2 fully saturated rings. The molecule has 0 aromatic carbocycles. The van der Waals surface area contributed by atoms with Crippen LogP contribution in [0, 0.1) is 0 Å². The summed E-state index contributed by atoms with van der Waals surface area (Å²) < 4.78 is 11.0. The lowest BCUT2D eigenvalue weighted by Crippen LogP contribution is -2.61. The predicted molar refractivity (Wildman–Crippen MR) is 80.3 cm³/mol. The molecule has 0 amide bonds. The average Bonchev–Trinajstić information content (AvgIpc) is 2.88. The maximum atomic E-state index is 5.75. The topological polar surface area (TPSA) is 21.7 Å². The van der Waals surface area contributed by atoms with Crippen LogP contribution in [0.4, 0.5) is 0 Å². The molecule has 0 bridgehead atoms. The van der Waals surface area contributed by atoms with Crippen LogP contribution >= 0.6 is 0 Å². The zero-order valence-corrected chi connectivity index (χ0v) is 13.9. The second kappa shape index (κ2) is 11.9. The Kier molecular flexibility index (Phi) is 13.4. The first-order chi connectivity index (χ1) is 8.78. The SMILES string of the molecule is CC.CC.CC.CCN1CC2(CC(OC)CO2)C1. The van der Waals surface area contributed by atoms with Crippen molar-refractivity contribution in [1.82, 2.24) is 4.90 Å². The molecular weight excluding hydrogens is 226 g/mol. The highest BCUT2D eigenvalue weighted by Crippen LogP contribution is 2.35. The molecule has 0 aliphatic carbocycles. The average molecular weight is 261 g/mol. The van der Waals surface area contributed by atoms with Gasteiger partial charge in [-0.2, -0.15) is 0 Å². The molecule has 0 N–H and O–H groups in total. The first-order valence-electron chi connectivity index (χ1n) is 7.67. The normalized spacial score (nSPS) is 23.7. The minimum absolute atomic E-state index is 0.163. The molecule has 3 heteroatoms. The van der Waals surface area contributed by atoms with Crippen LogP contribution in [0.25, 0.3) is 0 Å². The summed E-state index contributed by atoms with van der Waals surface area (Å²) in [7, 11) is 1.77. The number of nitrogens with zero attached hydrogens (tertiary/aromatic N) is 1. The molecule has 0 aromatic rings. The molecule has 2 heterocycles. The van der Waals surface area contributed by atoms with Crippen molar-refractivity contribution in [3.8, 4) is 0 Å². The summed E-state index contributed by atoms with van der Waals surface area (Å²) in [4.78, 5) is 2.40. The quantitative estimate of drug-likeness (QED) is 0.758. The van der Waals surface area contributed by atoms with E-state index < -0.39 is 0 Å². The molecule has 0 saturated carbocycles. The largest absolute Gasteiger partial charge is 0.379 e. The van der Waals surface area contributed by atoms with Crippen molar-refractivity contribution in [2.75, 3.05) is 33.4 Å². The summed E-state index contributed by atoms with van der Waals surface area (Å²) in [5.41, 5.74) is 0.163. The van der Waals surface area contributed by atoms with Crippen LogP contribution in [0.1, 0.15) is 54.9 Å². The first-order valence-corrected chi connectivity index (χ1v) is 7.67. The smallest absolute Gasteiger partial charge is 0.0961 e. The fourth-order valence-corrected chi connectivity index (χ4v) is 2.17. The lowest BCUT2D eigenvalue weighted by Gasteiger charge is -2.46. The number of hydrogen-bond donors (Lipinski definition) is 0. The Hall–Kier alpha value is -0.120. The van der Waals surface area contributed by atoms with E-state index in [0.29, 0.717) is 6.10 Å². The van der Waals surface area contributed by atoms with Crippen molar-refractivity contribution in [3.63, 3.8) is 0 Å². The molecule has 1 atom stereocenters. The third-order valence-corrected chi connectivity index (χ3v) is 2.98. The van der Waals surface area contributed by atoms with Gasteiger partial charge in [-0.05, 0) is 6.54 Å². The zero-order valence-electron chi connectivity index (χ0n) is 13.9. The maximum absolute atomic E-state index is 5.75. The number of methoxy groups -OCH3 is 1. The van der Waals surface area contributed by atoms with E-state index in [2.05, 4.69) is 11.8 Å². The van der Waals surface area contributed by atoms with E-state index in [9.17, 15) is 0 Å². The van der Waals surface area contributed by atoms with Gasteiger partial charge in [0.15, 0.2) is 0 Å². The summed E-state index contributed by atoms with van der Waals surface area (Å²) in [6.45, 7) is 18.3. The molecule has 112 valence electrons. The van der Waals surface area contributed by atoms with E-state index in [0.717, 1.165) is 32.7 Å². The second-order valence-electron chi connectivity index (χ2n) is 3.86. The highest BCUT2D eigenvalue weighted by molar-refractivity contribution is 5.01. The third-order valence-electron chi connectivity index (χ3n) is 2.98. The first kappa shape index (κ1) is 20.2. The van der Waals surface area contributed by atoms with Gasteiger partial charge in [0.2, 0.25) is 0 Å². The van der Waals surface area contributed by atoms with Crippen molar-refractivity contribution >= 4 is 0 Å². The van der Waals surface area contributed by atoms with Crippen molar-refractivity contribution in [1.29, 1.82) is 0 Å². The summed E-state index contributed by atoms with van der Waals surface area (Å²) in [6.07, 6.45) is 1.42. The molecule has 1 spiro atoms. The lowest BCUT2D eigenvalue weighted by molar-refractivity contribution is -0.109. The maximum Gasteiger partial charge on any atom is 0.0961 e. The van der Waals surface area contributed by atoms with Gasteiger partial charge in [0.1, 0.15) is 0 Å². The van der Waals surface area contributed by atoms with E-state index in [4.69, 9.17) is 9.47 Å². The fraction of sp³-hybridized carbons (Fsp3) is 1.00. The van der Waals surface area contributed by atoms with Gasteiger partial charge in [0.25, 0.3) is 0 Å². The van der Waals surface area contributed by atoms with E-state index >= 15 is 0 Å². The number of hydrogen-bond acceptors (Lipinski definition) is 3. The summed E-state index contributed by atoms with van der Waals surface area (Å²) in [5.74, 6) is 0. The van der Waals surface area contributed by atoms with Gasteiger partial charge < -0.3 is 9.47 Å². The van der Waals surface area contributed by atoms with Crippen LogP contribution in [-0.4, -0.2) is 50.0 Å². The third kappa shape index (κ3) is 5.68. The van der Waals surface area contributed by atoms with E-state index in [-0.39, 0.29) is 5.60 Å². The summed E-state index contributed by atoms with van der Waals surface area (Å²) in [6, 6.07) is 0. The van der Waals surface area contributed by atoms with Gasteiger partial charge in [-0.15, -0.1) is 0 Å².